The van der Waals surface area contributed by atoms with Crippen molar-refractivity contribution in [3.63, 3.8) is 0 Å². The number of hydrogen-bond acceptors (Lipinski definition) is 7. The molecule has 1 aromatic rings. The maximum atomic E-state index is 12.5. The van der Waals surface area contributed by atoms with E-state index in [-0.39, 0.29) is 36.2 Å². The highest BCUT2D eigenvalue weighted by Gasteiger charge is 2.47. The summed E-state index contributed by atoms with van der Waals surface area (Å²) >= 11 is 0. The van der Waals surface area contributed by atoms with Crippen LogP contribution >= 0.6 is 0 Å². The third kappa shape index (κ3) is 3.62. The van der Waals surface area contributed by atoms with E-state index in [9.17, 15) is 9.59 Å². The molecule has 0 radical (unpaired) electrons. The normalized spacial score (nSPS) is 27.7. The number of ether oxygens (including phenoxy) is 4. The Hall–Kier alpha value is -2.28. The van der Waals surface area contributed by atoms with Crippen LogP contribution in [0.2, 0.25) is 0 Å². The first-order chi connectivity index (χ1) is 12.4. The molecule has 0 amide bonds. The third-order valence-corrected chi connectivity index (χ3v) is 5.28. The van der Waals surface area contributed by atoms with E-state index in [1.807, 2.05) is 7.05 Å². The van der Waals surface area contributed by atoms with Crippen molar-refractivity contribution < 1.29 is 28.5 Å². The lowest BCUT2D eigenvalue weighted by molar-refractivity contribution is -0.147. The predicted molar refractivity (Wildman–Crippen MR) is 93.5 cm³/mol. The zero-order chi connectivity index (χ0) is 18.8. The molecule has 1 aromatic carbocycles. The second kappa shape index (κ2) is 7.53. The molecular formula is C19H25NO6. The Morgan fingerprint density at radius 2 is 1.77 bits per heavy atom. The number of carbonyl (C=O) groups is 2. The van der Waals surface area contributed by atoms with Gasteiger partial charge in [-0.2, -0.15) is 0 Å². The summed E-state index contributed by atoms with van der Waals surface area (Å²) < 4.78 is 21.6. The molecule has 2 saturated heterocycles. The summed E-state index contributed by atoms with van der Waals surface area (Å²) in [6, 6.07) is 5.30. The molecule has 3 rings (SSSR count). The van der Waals surface area contributed by atoms with E-state index in [1.165, 1.54) is 14.0 Å². The summed E-state index contributed by atoms with van der Waals surface area (Å²) in [5.41, 5.74) is 0.422. The standard InChI is InChI=1S/C19H25NO6/c1-11(21)25-17-9-13-8-14(10-15(17)20(13)2)26-19(22)12-5-6-16(23-3)18(7-12)24-4/h5-7,13-15,17H,8-10H2,1-4H3. The number of methoxy groups -OCH3 is 2. The molecule has 142 valence electrons. The molecule has 2 heterocycles. The van der Waals surface area contributed by atoms with Crippen LogP contribution in [0.1, 0.15) is 36.5 Å². The summed E-state index contributed by atoms with van der Waals surface area (Å²) in [6.45, 7) is 1.43. The number of esters is 2. The lowest BCUT2D eigenvalue weighted by atomic mass is 10.00. The Labute approximate surface area is 153 Å². The van der Waals surface area contributed by atoms with Gasteiger partial charge >= 0.3 is 11.9 Å². The average molecular weight is 363 g/mol. The van der Waals surface area contributed by atoms with Crippen LogP contribution in [-0.2, 0) is 14.3 Å². The van der Waals surface area contributed by atoms with Gasteiger partial charge in [0.2, 0.25) is 0 Å². The Morgan fingerprint density at radius 3 is 2.42 bits per heavy atom. The summed E-state index contributed by atoms with van der Waals surface area (Å²) in [5.74, 6) is 0.393. The van der Waals surface area contributed by atoms with Crippen LogP contribution in [-0.4, -0.2) is 62.4 Å². The molecule has 4 atom stereocenters. The molecule has 2 aliphatic heterocycles. The van der Waals surface area contributed by atoms with Gasteiger partial charge in [0.05, 0.1) is 25.8 Å². The van der Waals surface area contributed by atoms with Gasteiger partial charge in [-0.05, 0) is 25.2 Å². The van der Waals surface area contributed by atoms with Crippen molar-refractivity contribution in [3.8, 4) is 11.5 Å². The highest BCUT2D eigenvalue weighted by Crippen LogP contribution is 2.38. The largest absolute Gasteiger partial charge is 0.493 e. The van der Waals surface area contributed by atoms with Crippen LogP contribution < -0.4 is 9.47 Å². The second-order valence-corrected chi connectivity index (χ2v) is 6.84. The van der Waals surface area contributed by atoms with E-state index in [0.29, 0.717) is 23.5 Å². The average Bonchev–Trinajstić information content (AvgIpc) is 2.79. The van der Waals surface area contributed by atoms with Crippen LogP contribution in [0.3, 0.4) is 0 Å². The maximum Gasteiger partial charge on any atom is 0.338 e. The fourth-order valence-corrected chi connectivity index (χ4v) is 3.99. The highest BCUT2D eigenvalue weighted by molar-refractivity contribution is 5.90. The van der Waals surface area contributed by atoms with Gasteiger partial charge in [-0.15, -0.1) is 0 Å². The Kier molecular flexibility index (Phi) is 5.36. The van der Waals surface area contributed by atoms with Crippen LogP contribution in [0.5, 0.6) is 11.5 Å². The van der Waals surface area contributed by atoms with E-state index in [2.05, 4.69) is 4.90 Å². The summed E-state index contributed by atoms with van der Waals surface area (Å²) in [5, 5.41) is 0. The molecule has 0 spiro atoms. The van der Waals surface area contributed by atoms with Gasteiger partial charge in [0.15, 0.2) is 11.5 Å². The minimum Gasteiger partial charge on any atom is -0.493 e. The Balaban J connectivity index is 1.67. The molecule has 0 N–H and O–H groups in total. The maximum absolute atomic E-state index is 12.5. The SMILES string of the molecule is COc1ccc(C(=O)OC2CC3CC(OC(C)=O)C(C2)N3C)cc1OC. The van der Waals surface area contributed by atoms with Gasteiger partial charge in [-0.1, -0.05) is 0 Å². The van der Waals surface area contributed by atoms with Crippen molar-refractivity contribution in [2.75, 3.05) is 21.3 Å². The fourth-order valence-electron chi connectivity index (χ4n) is 3.99. The molecule has 2 bridgehead atoms. The van der Waals surface area contributed by atoms with Gasteiger partial charge in [0.1, 0.15) is 12.2 Å². The number of likely N-dealkylation sites (N-methyl/N-ethyl adjacent to an activating group) is 1. The number of benzene rings is 1. The van der Waals surface area contributed by atoms with Crippen LogP contribution in [0.15, 0.2) is 18.2 Å². The van der Waals surface area contributed by atoms with Crippen molar-refractivity contribution in [3.05, 3.63) is 23.8 Å². The van der Waals surface area contributed by atoms with Crippen molar-refractivity contribution in [1.29, 1.82) is 0 Å². The number of carbonyl (C=O) groups excluding carboxylic acids is 2. The van der Waals surface area contributed by atoms with Crippen molar-refractivity contribution in [1.82, 2.24) is 4.90 Å². The third-order valence-electron chi connectivity index (χ3n) is 5.28. The first-order valence-electron chi connectivity index (χ1n) is 8.75. The number of rotatable bonds is 5. The monoisotopic (exact) mass is 363 g/mol. The number of piperidine rings is 1. The first kappa shape index (κ1) is 18.5. The topological polar surface area (TPSA) is 74.3 Å². The molecule has 2 fully saturated rings. The Bertz CT molecular complexity index is 691. The van der Waals surface area contributed by atoms with Crippen molar-refractivity contribution >= 4 is 11.9 Å². The second-order valence-electron chi connectivity index (χ2n) is 6.84. The van der Waals surface area contributed by atoms with E-state index in [1.54, 1.807) is 25.3 Å². The molecule has 7 heteroatoms. The van der Waals surface area contributed by atoms with Crippen molar-refractivity contribution in [2.45, 2.75) is 50.5 Å². The minimum atomic E-state index is -0.385. The highest BCUT2D eigenvalue weighted by atomic mass is 16.6. The number of hydrogen-bond donors (Lipinski definition) is 0. The van der Waals surface area contributed by atoms with Crippen LogP contribution in [0.4, 0.5) is 0 Å². The van der Waals surface area contributed by atoms with Gasteiger partial charge in [-0.25, -0.2) is 4.79 Å². The molecular weight excluding hydrogens is 338 g/mol. The van der Waals surface area contributed by atoms with Gasteiger partial charge in [-0.3, -0.25) is 9.69 Å². The van der Waals surface area contributed by atoms with Gasteiger partial charge in [0.25, 0.3) is 0 Å². The van der Waals surface area contributed by atoms with Gasteiger partial charge < -0.3 is 18.9 Å². The molecule has 0 aliphatic carbocycles. The molecule has 0 aromatic heterocycles. The van der Waals surface area contributed by atoms with Crippen LogP contribution in [0.25, 0.3) is 0 Å². The fraction of sp³-hybridized carbons (Fsp3) is 0.579. The smallest absolute Gasteiger partial charge is 0.338 e. The van der Waals surface area contributed by atoms with Crippen LogP contribution in [0, 0.1) is 0 Å². The lowest BCUT2D eigenvalue weighted by Gasteiger charge is -2.36. The van der Waals surface area contributed by atoms with E-state index in [0.717, 1.165) is 12.8 Å². The molecule has 2 aliphatic rings. The molecule has 7 nitrogen and oxygen atoms in total. The zero-order valence-electron chi connectivity index (χ0n) is 15.6. The number of fused-ring (bicyclic) bond motifs is 2. The molecule has 0 saturated carbocycles. The van der Waals surface area contributed by atoms with E-state index >= 15 is 0 Å². The Morgan fingerprint density at radius 1 is 1.04 bits per heavy atom. The molecule has 4 unspecified atom stereocenters. The summed E-state index contributed by atoms with van der Waals surface area (Å²) in [4.78, 5) is 26.1. The predicted octanol–water partition coefficient (Wildman–Crippen LogP) is 2.03. The lowest BCUT2D eigenvalue weighted by Crippen LogP contribution is -2.46. The number of nitrogens with zero attached hydrogens (tertiary/aromatic N) is 1. The summed E-state index contributed by atoms with van der Waals surface area (Å²) in [6.07, 6.45) is 1.86. The zero-order valence-corrected chi connectivity index (χ0v) is 15.6. The van der Waals surface area contributed by atoms with E-state index in [4.69, 9.17) is 18.9 Å². The molecule has 26 heavy (non-hydrogen) atoms. The van der Waals surface area contributed by atoms with Crippen molar-refractivity contribution in [2.24, 2.45) is 0 Å². The van der Waals surface area contributed by atoms with Gasteiger partial charge in [0, 0.05) is 32.2 Å². The minimum absolute atomic E-state index is 0.0841. The quantitative estimate of drug-likeness (QED) is 0.741. The first-order valence-corrected chi connectivity index (χ1v) is 8.75. The van der Waals surface area contributed by atoms with E-state index < -0.39 is 0 Å². The summed E-state index contributed by atoms with van der Waals surface area (Å²) in [7, 11) is 5.10.